The van der Waals surface area contributed by atoms with Crippen LogP contribution in [0.2, 0.25) is 0 Å². The predicted molar refractivity (Wildman–Crippen MR) is 88.8 cm³/mol. The van der Waals surface area contributed by atoms with Gasteiger partial charge in [-0.25, -0.2) is 0 Å². The van der Waals surface area contributed by atoms with E-state index in [0.717, 1.165) is 18.4 Å². The lowest BCUT2D eigenvalue weighted by Gasteiger charge is -2.36. The number of hydrogen-bond donors (Lipinski definition) is 1. The molecule has 1 amide bonds. The van der Waals surface area contributed by atoms with Crippen LogP contribution in [0.3, 0.4) is 0 Å². The topological polar surface area (TPSA) is 40.5 Å². The summed E-state index contributed by atoms with van der Waals surface area (Å²) in [6, 6.07) is 14.4. The highest BCUT2D eigenvalue weighted by atomic mass is 35.5. The summed E-state index contributed by atoms with van der Waals surface area (Å²) >= 11 is 5.76. The van der Waals surface area contributed by atoms with E-state index in [1.807, 2.05) is 23.1 Å². The maximum Gasteiger partial charge on any atom is 0.237 e. The molecule has 0 saturated heterocycles. The normalized spacial score (nSPS) is 20.6. The Bertz CT molecular complexity index is 662. The molecule has 1 fully saturated rings. The second kappa shape index (κ2) is 6.67. The van der Waals surface area contributed by atoms with Crippen molar-refractivity contribution < 1.29 is 9.90 Å². The van der Waals surface area contributed by atoms with Gasteiger partial charge in [-0.3, -0.25) is 4.79 Å². The van der Waals surface area contributed by atoms with Gasteiger partial charge < -0.3 is 10.0 Å². The van der Waals surface area contributed by atoms with E-state index < -0.39 is 0 Å². The lowest BCUT2D eigenvalue weighted by atomic mass is 9.82. The molecule has 116 valence electrons. The Kier molecular flexibility index (Phi) is 4.65. The summed E-state index contributed by atoms with van der Waals surface area (Å²) in [5.74, 6) is 0.341. The molecular weight excluding hydrogens is 298 g/mol. The molecule has 1 N–H and O–H groups in total. The second-order valence-electron chi connectivity index (χ2n) is 6.04. The standard InChI is InChI=1S/C18H20ClNO2/c19-10-18(22)20(11-13-8-16(21)9-13)12-15-6-3-5-14-4-1-2-7-17(14)15/h1-7,13,16,21H,8-12H2. The van der Waals surface area contributed by atoms with Crippen molar-refractivity contribution in [2.45, 2.75) is 25.5 Å². The number of carbonyl (C=O) groups excluding carboxylic acids is 1. The molecule has 4 heteroatoms. The van der Waals surface area contributed by atoms with Gasteiger partial charge in [-0.1, -0.05) is 42.5 Å². The Labute approximate surface area is 135 Å². The van der Waals surface area contributed by atoms with E-state index in [2.05, 4.69) is 24.3 Å². The molecule has 1 saturated carbocycles. The average molecular weight is 318 g/mol. The summed E-state index contributed by atoms with van der Waals surface area (Å²) in [5.41, 5.74) is 1.14. The van der Waals surface area contributed by atoms with Gasteiger partial charge in [-0.05, 0) is 35.1 Å². The number of nitrogens with zero attached hydrogens (tertiary/aromatic N) is 1. The van der Waals surface area contributed by atoms with Crippen LogP contribution >= 0.6 is 11.6 Å². The number of carbonyl (C=O) groups is 1. The zero-order valence-electron chi connectivity index (χ0n) is 12.4. The fraction of sp³-hybridized carbons (Fsp3) is 0.389. The zero-order chi connectivity index (χ0) is 15.5. The fourth-order valence-corrected chi connectivity index (χ4v) is 3.31. The maximum atomic E-state index is 12.1. The van der Waals surface area contributed by atoms with Crippen LogP contribution in [0.15, 0.2) is 42.5 Å². The molecule has 2 aromatic carbocycles. The van der Waals surface area contributed by atoms with E-state index in [0.29, 0.717) is 19.0 Å². The quantitative estimate of drug-likeness (QED) is 0.860. The first-order valence-electron chi connectivity index (χ1n) is 7.66. The minimum atomic E-state index is -0.199. The third-order valence-electron chi connectivity index (χ3n) is 4.40. The molecule has 0 heterocycles. The first kappa shape index (κ1) is 15.3. The molecule has 1 aliphatic carbocycles. The SMILES string of the molecule is O=C(CCl)N(Cc1cccc2ccccc12)CC1CC(O)C1. The van der Waals surface area contributed by atoms with Crippen molar-refractivity contribution in [1.82, 2.24) is 4.90 Å². The summed E-state index contributed by atoms with van der Waals surface area (Å²) < 4.78 is 0. The van der Waals surface area contributed by atoms with Crippen LogP contribution in [-0.2, 0) is 11.3 Å². The molecule has 0 unspecified atom stereocenters. The monoisotopic (exact) mass is 317 g/mol. The van der Waals surface area contributed by atoms with Crippen LogP contribution in [-0.4, -0.2) is 34.4 Å². The number of aliphatic hydroxyl groups is 1. The number of rotatable bonds is 5. The second-order valence-corrected chi connectivity index (χ2v) is 6.30. The molecule has 0 aliphatic heterocycles. The smallest absolute Gasteiger partial charge is 0.237 e. The zero-order valence-corrected chi connectivity index (χ0v) is 13.2. The van der Waals surface area contributed by atoms with Crippen LogP contribution in [0.25, 0.3) is 10.8 Å². The Morgan fingerprint density at radius 2 is 1.91 bits per heavy atom. The highest BCUT2D eigenvalue weighted by Gasteiger charge is 2.30. The lowest BCUT2D eigenvalue weighted by molar-refractivity contribution is -0.131. The number of aliphatic hydroxyl groups excluding tert-OH is 1. The van der Waals surface area contributed by atoms with Gasteiger partial charge in [0.25, 0.3) is 0 Å². The van der Waals surface area contributed by atoms with E-state index in [4.69, 9.17) is 11.6 Å². The van der Waals surface area contributed by atoms with Crippen LogP contribution in [0, 0.1) is 5.92 Å². The number of fused-ring (bicyclic) bond motifs is 1. The van der Waals surface area contributed by atoms with Gasteiger partial charge in [0, 0.05) is 13.1 Å². The molecule has 0 aromatic heterocycles. The number of alkyl halides is 1. The predicted octanol–water partition coefficient (Wildman–Crippen LogP) is 3.18. The van der Waals surface area contributed by atoms with E-state index in [-0.39, 0.29) is 17.9 Å². The Hall–Kier alpha value is -1.58. The maximum absolute atomic E-state index is 12.1. The first-order valence-corrected chi connectivity index (χ1v) is 8.19. The molecule has 1 aliphatic rings. The number of hydrogen-bond acceptors (Lipinski definition) is 2. The van der Waals surface area contributed by atoms with Crippen LogP contribution < -0.4 is 0 Å². The van der Waals surface area contributed by atoms with Crippen LogP contribution in [0.5, 0.6) is 0 Å². The van der Waals surface area contributed by atoms with Crippen molar-refractivity contribution in [3.8, 4) is 0 Å². The van der Waals surface area contributed by atoms with Gasteiger partial charge in [0.05, 0.1) is 6.10 Å². The van der Waals surface area contributed by atoms with Gasteiger partial charge in [0.15, 0.2) is 0 Å². The number of amides is 1. The average Bonchev–Trinajstić information content (AvgIpc) is 2.52. The van der Waals surface area contributed by atoms with Crippen LogP contribution in [0.4, 0.5) is 0 Å². The van der Waals surface area contributed by atoms with E-state index >= 15 is 0 Å². The van der Waals surface area contributed by atoms with Gasteiger partial charge in [0.1, 0.15) is 5.88 Å². The summed E-state index contributed by atoms with van der Waals surface area (Å²) in [7, 11) is 0. The van der Waals surface area contributed by atoms with Gasteiger partial charge >= 0.3 is 0 Å². The van der Waals surface area contributed by atoms with Crippen molar-refractivity contribution in [2.75, 3.05) is 12.4 Å². The summed E-state index contributed by atoms with van der Waals surface area (Å²) in [6.07, 6.45) is 1.36. The third-order valence-corrected chi connectivity index (χ3v) is 4.63. The third kappa shape index (κ3) is 3.26. The molecule has 0 spiro atoms. The largest absolute Gasteiger partial charge is 0.393 e. The molecule has 0 atom stereocenters. The Morgan fingerprint density at radius 3 is 2.64 bits per heavy atom. The highest BCUT2D eigenvalue weighted by Crippen LogP contribution is 2.29. The van der Waals surface area contributed by atoms with Gasteiger partial charge in [-0.2, -0.15) is 0 Å². The van der Waals surface area contributed by atoms with Gasteiger partial charge in [0.2, 0.25) is 5.91 Å². The van der Waals surface area contributed by atoms with Crippen molar-refractivity contribution in [3.05, 3.63) is 48.0 Å². The molecule has 22 heavy (non-hydrogen) atoms. The minimum absolute atomic E-state index is 0.0000394. The van der Waals surface area contributed by atoms with Crippen LogP contribution in [0.1, 0.15) is 18.4 Å². The molecule has 3 rings (SSSR count). The van der Waals surface area contributed by atoms with E-state index in [1.54, 1.807) is 0 Å². The van der Waals surface area contributed by atoms with Gasteiger partial charge in [-0.15, -0.1) is 11.6 Å². The van der Waals surface area contributed by atoms with Crippen molar-refractivity contribution in [3.63, 3.8) is 0 Å². The van der Waals surface area contributed by atoms with Crippen molar-refractivity contribution in [1.29, 1.82) is 0 Å². The molecular formula is C18H20ClNO2. The first-order chi connectivity index (χ1) is 10.7. The fourth-order valence-electron chi connectivity index (χ4n) is 3.14. The molecule has 0 bridgehead atoms. The molecule has 2 aromatic rings. The summed E-state index contributed by atoms with van der Waals surface area (Å²) in [5, 5.41) is 11.8. The van der Waals surface area contributed by atoms with E-state index in [9.17, 15) is 9.90 Å². The molecule has 0 radical (unpaired) electrons. The number of halogens is 1. The Morgan fingerprint density at radius 1 is 1.18 bits per heavy atom. The summed E-state index contributed by atoms with van der Waals surface area (Å²) in [4.78, 5) is 14.0. The minimum Gasteiger partial charge on any atom is -0.393 e. The highest BCUT2D eigenvalue weighted by molar-refractivity contribution is 6.27. The van der Waals surface area contributed by atoms with Crippen molar-refractivity contribution in [2.24, 2.45) is 5.92 Å². The molecule has 3 nitrogen and oxygen atoms in total. The Balaban J connectivity index is 1.80. The lowest BCUT2D eigenvalue weighted by Crippen LogP contribution is -2.41. The summed E-state index contributed by atoms with van der Waals surface area (Å²) in [6.45, 7) is 1.24. The van der Waals surface area contributed by atoms with Crippen molar-refractivity contribution >= 4 is 28.3 Å². The van der Waals surface area contributed by atoms with E-state index in [1.165, 1.54) is 10.8 Å². The number of benzene rings is 2.